The van der Waals surface area contributed by atoms with Crippen LogP contribution in [0.2, 0.25) is 0 Å². The molecule has 0 aliphatic carbocycles. The van der Waals surface area contributed by atoms with Crippen LogP contribution >= 0.6 is 0 Å². The monoisotopic (exact) mass is 582 g/mol. The number of nitrogens with two attached hydrogens (primary N) is 3. The Morgan fingerprint density at radius 1 is 1.17 bits per heavy atom. The summed E-state index contributed by atoms with van der Waals surface area (Å²) < 4.78 is 10.4. The van der Waals surface area contributed by atoms with Crippen LogP contribution < -0.4 is 27.8 Å². The van der Waals surface area contributed by atoms with Gasteiger partial charge in [0.2, 0.25) is 5.91 Å². The highest BCUT2D eigenvalue weighted by atomic mass is 16.6. The first-order valence-electron chi connectivity index (χ1n) is 12.4. The largest absolute Gasteiger partial charge is 0.507 e. The molecular formula is C25H38N6O10. The van der Waals surface area contributed by atoms with E-state index in [9.17, 15) is 39.6 Å². The second-order valence-corrected chi connectivity index (χ2v) is 9.10. The minimum Gasteiger partial charge on any atom is -0.507 e. The Morgan fingerprint density at radius 2 is 1.83 bits per heavy atom. The van der Waals surface area contributed by atoms with Crippen LogP contribution in [0.3, 0.4) is 0 Å². The van der Waals surface area contributed by atoms with Crippen molar-refractivity contribution in [2.45, 2.75) is 51.5 Å². The normalized spacial score (nSPS) is 14.9. The molecule has 5 atom stereocenters. The lowest BCUT2D eigenvalue weighted by molar-refractivity contribution is -0.132. The number of aliphatic hydroxyl groups excluding tert-OH is 2. The lowest BCUT2D eigenvalue weighted by Gasteiger charge is -2.35. The van der Waals surface area contributed by atoms with Crippen molar-refractivity contribution in [2.24, 2.45) is 22.4 Å². The van der Waals surface area contributed by atoms with E-state index in [-0.39, 0.29) is 42.1 Å². The van der Waals surface area contributed by atoms with E-state index >= 15 is 0 Å². The van der Waals surface area contributed by atoms with E-state index in [1.165, 1.54) is 45.0 Å². The van der Waals surface area contributed by atoms with Gasteiger partial charge in [-0.1, -0.05) is 6.92 Å². The second-order valence-electron chi connectivity index (χ2n) is 9.10. The van der Waals surface area contributed by atoms with E-state index in [0.29, 0.717) is 0 Å². The van der Waals surface area contributed by atoms with Crippen molar-refractivity contribution < 1.29 is 49.1 Å². The van der Waals surface area contributed by atoms with Crippen LogP contribution in [0.25, 0.3) is 0 Å². The fraction of sp³-hybridized carbons (Fsp3) is 0.480. The number of carboxylic acids is 1. The summed E-state index contributed by atoms with van der Waals surface area (Å²) in [4.78, 5) is 52.0. The number of hydrogen-bond donors (Lipinski definition) is 9. The predicted octanol–water partition coefficient (Wildman–Crippen LogP) is -1.22. The van der Waals surface area contributed by atoms with E-state index in [1.807, 2.05) is 0 Å². The first kappa shape index (κ1) is 34.5. The molecule has 0 bridgehead atoms. The van der Waals surface area contributed by atoms with E-state index in [4.69, 9.17) is 26.7 Å². The summed E-state index contributed by atoms with van der Waals surface area (Å²) >= 11 is 0. The zero-order valence-electron chi connectivity index (χ0n) is 22.9. The number of aliphatic hydroxyl groups is 2. The lowest BCUT2D eigenvalue weighted by Crippen LogP contribution is -2.54. The molecule has 0 aliphatic rings. The van der Waals surface area contributed by atoms with Gasteiger partial charge in [0.25, 0.3) is 0 Å². The highest BCUT2D eigenvalue weighted by Gasteiger charge is 2.38. The van der Waals surface area contributed by atoms with E-state index < -0.39 is 66.7 Å². The Labute approximate surface area is 236 Å². The molecule has 16 nitrogen and oxygen atoms in total. The van der Waals surface area contributed by atoms with Gasteiger partial charge in [-0.15, -0.1) is 0 Å². The Morgan fingerprint density at radius 3 is 2.39 bits per heavy atom. The number of nitrogen functional groups attached to an aromatic ring is 1. The number of carbonyl (C=O) groups excluding carboxylic acids is 3. The van der Waals surface area contributed by atoms with Gasteiger partial charge in [-0.2, -0.15) is 0 Å². The lowest BCUT2D eigenvalue weighted by atomic mass is 9.86. The number of anilines is 1. The first-order chi connectivity index (χ1) is 19.2. The number of alkyl carbamates (subject to hydrolysis) is 1. The third-order valence-corrected chi connectivity index (χ3v) is 5.75. The van der Waals surface area contributed by atoms with Gasteiger partial charge in [0.1, 0.15) is 23.5 Å². The molecule has 41 heavy (non-hydrogen) atoms. The number of carboxylic acid groups (broad SMARTS) is 1. The Kier molecular flexibility index (Phi) is 13.9. The molecule has 1 aromatic rings. The average molecular weight is 583 g/mol. The summed E-state index contributed by atoms with van der Waals surface area (Å²) in [5.41, 5.74) is 16.6. The van der Waals surface area contributed by atoms with E-state index in [1.54, 1.807) is 0 Å². The number of hydrogen-bond acceptors (Lipinski definition) is 11. The van der Waals surface area contributed by atoms with Crippen molar-refractivity contribution in [3.05, 3.63) is 35.4 Å². The van der Waals surface area contributed by atoms with Crippen molar-refractivity contribution >= 4 is 35.6 Å². The zero-order valence-corrected chi connectivity index (χ0v) is 22.9. The van der Waals surface area contributed by atoms with E-state index in [0.717, 1.165) is 0 Å². The maximum absolute atomic E-state index is 12.5. The summed E-state index contributed by atoms with van der Waals surface area (Å²) in [6.07, 6.45) is -2.70. The topological polar surface area (TPSA) is 282 Å². The molecule has 0 unspecified atom stereocenters. The maximum Gasteiger partial charge on any atom is 0.407 e. The Hall–Kier alpha value is -4.57. The fourth-order valence-electron chi connectivity index (χ4n) is 3.72. The molecule has 0 radical (unpaired) electrons. The summed E-state index contributed by atoms with van der Waals surface area (Å²) in [7, 11) is 0. The van der Waals surface area contributed by atoms with Crippen molar-refractivity contribution in [3.63, 3.8) is 0 Å². The van der Waals surface area contributed by atoms with Crippen LogP contribution in [0, 0.1) is 5.92 Å². The fourth-order valence-corrected chi connectivity index (χ4v) is 3.72. The number of carbonyl (C=O) groups is 4. The molecule has 12 N–H and O–H groups in total. The van der Waals surface area contributed by atoms with Gasteiger partial charge in [-0.05, 0) is 37.6 Å². The number of guanidine groups is 1. The smallest absolute Gasteiger partial charge is 0.407 e. The number of benzene rings is 1. The highest BCUT2D eigenvalue weighted by Crippen LogP contribution is 2.23. The molecule has 16 heteroatoms. The molecule has 0 aliphatic heterocycles. The summed E-state index contributed by atoms with van der Waals surface area (Å²) in [5.74, 6) is -4.33. The van der Waals surface area contributed by atoms with Gasteiger partial charge in [-0.25, -0.2) is 19.4 Å². The van der Waals surface area contributed by atoms with Gasteiger partial charge in [0.05, 0.1) is 25.3 Å². The molecule has 2 amide bonds. The van der Waals surface area contributed by atoms with Crippen molar-refractivity contribution in [2.75, 3.05) is 25.5 Å². The van der Waals surface area contributed by atoms with Crippen molar-refractivity contribution in [1.82, 2.24) is 10.6 Å². The Bertz CT molecular complexity index is 1140. The summed E-state index contributed by atoms with van der Waals surface area (Å²) in [5, 5.41) is 44.1. The van der Waals surface area contributed by atoms with Gasteiger partial charge in [0, 0.05) is 30.6 Å². The summed E-state index contributed by atoms with van der Waals surface area (Å²) in [6, 6.07) is 1.68. The van der Waals surface area contributed by atoms with Gasteiger partial charge in [-0.3, -0.25) is 4.79 Å². The molecular weight excluding hydrogens is 544 g/mol. The molecule has 1 rings (SSSR count). The van der Waals surface area contributed by atoms with Crippen LogP contribution in [0.4, 0.5) is 10.5 Å². The number of rotatable bonds is 15. The molecule has 0 spiro atoms. The predicted molar refractivity (Wildman–Crippen MR) is 147 cm³/mol. The molecule has 0 saturated heterocycles. The standard InChI is InChI=1S/C25H38N6O10/c1-12(22(36)37)9-17(31-24(27)28)20(30-14(3)33)13(2)21(19(35)11-32)41-25(39)29-7-4-8-40-23(38)16-10-15(26)5-6-18(16)34/h5-6,9-10,13,17,19-21,32,34-35H,4,7-8,11,26H2,1-3H3,(H,29,39)(H,30,33)(H,36,37)(H4,27,28,31)/b12-9+/t13-,17+,19-,20+,21+/m1/s1. The number of esters is 1. The average Bonchev–Trinajstić information content (AvgIpc) is 2.89. The molecule has 0 heterocycles. The van der Waals surface area contributed by atoms with E-state index in [2.05, 4.69) is 15.6 Å². The molecule has 228 valence electrons. The number of aromatic hydroxyl groups is 1. The number of aliphatic imine (C=N–C) groups is 1. The minimum atomic E-state index is -1.61. The van der Waals surface area contributed by atoms with Crippen LogP contribution in [-0.2, 0) is 19.1 Å². The quantitative estimate of drug-likeness (QED) is 0.0223. The molecule has 1 aromatic carbocycles. The van der Waals surface area contributed by atoms with Crippen LogP contribution in [0.1, 0.15) is 37.6 Å². The SMILES string of the molecule is CC(=O)N[C@@H]([C@@H](C)[C@H](OC(=O)NCCCOC(=O)c1cc(N)ccc1O)[C@H](O)CO)[C@H](/C=C(\C)C(=O)O)N=C(N)N. The third kappa shape index (κ3) is 11.6. The maximum atomic E-state index is 12.5. The minimum absolute atomic E-state index is 0.0301. The molecule has 0 fully saturated rings. The molecule has 0 saturated carbocycles. The number of amides is 2. The zero-order chi connectivity index (χ0) is 31.3. The molecule has 0 aromatic heterocycles. The van der Waals surface area contributed by atoms with Crippen molar-refractivity contribution in [1.29, 1.82) is 0 Å². The number of phenolic OH excluding ortho intramolecular Hbond substituents is 1. The highest BCUT2D eigenvalue weighted by molar-refractivity contribution is 5.93. The van der Waals surface area contributed by atoms with Crippen LogP contribution in [0.5, 0.6) is 5.75 Å². The van der Waals surface area contributed by atoms with Gasteiger partial charge in [0.15, 0.2) is 5.96 Å². The number of ether oxygens (including phenoxy) is 2. The third-order valence-electron chi connectivity index (χ3n) is 5.75. The van der Waals surface area contributed by atoms with Gasteiger partial charge >= 0.3 is 18.0 Å². The first-order valence-corrected chi connectivity index (χ1v) is 12.4. The number of nitrogens with one attached hydrogen (secondary N) is 2. The van der Waals surface area contributed by atoms with Gasteiger partial charge < -0.3 is 57.7 Å². The number of aliphatic carboxylic acids is 1. The second kappa shape index (κ2) is 16.5. The number of nitrogens with zero attached hydrogens (tertiary/aromatic N) is 1. The van der Waals surface area contributed by atoms with Crippen molar-refractivity contribution in [3.8, 4) is 5.75 Å². The number of phenols is 1. The summed E-state index contributed by atoms with van der Waals surface area (Å²) in [6.45, 7) is 2.96. The van der Waals surface area contributed by atoms with Crippen LogP contribution in [-0.4, -0.2) is 94.4 Å². The van der Waals surface area contributed by atoms with Crippen LogP contribution in [0.15, 0.2) is 34.8 Å². The Balaban J connectivity index is 2.94.